The summed E-state index contributed by atoms with van der Waals surface area (Å²) in [6.45, 7) is 0. The lowest BCUT2D eigenvalue weighted by Crippen LogP contribution is -2.15. The predicted molar refractivity (Wildman–Crippen MR) is 85.4 cm³/mol. The third-order valence-electron chi connectivity index (χ3n) is 2.12. The summed E-state index contributed by atoms with van der Waals surface area (Å²) in [6.07, 6.45) is 3.12. The second-order valence-electron chi connectivity index (χ2n) is 3.37. The minimum atomic E-state index is 0.203. The molecule has 0 atom stereocenters. The van der Waals surface area contributed by atoms with Gasteiger partial charge in [-0.15, -0.1) is 0 Å². The lowest BCUT2D eigenvalue weighted by Gasteiger charge is -2.10. The summed E-state index contributed by atoms with van der Waals surface area (Å²) in [6, 6.07) is 5.51. The molecule has 0 fully saturated rings. The Hall–Kier alpha value is -0.990. The van der Waals surface area contributed by atoms with Crippen molar-refractivity contribution in [3.8, 4) is 0 Å². The van der Waals surface area contributed by atoms with Crippen LogP contribution in [0.4, 0.5) is 11.5 Å². The zero-order valence-electron chi connectivity index (χ0n) is 9.02. The maximum Gasteiger partial charge on any atom is 0.159 e. The van der Waals surface area contributed by atoms with E-state index in [0.29, 0.717) is 16.5 Å². The number of thiocarbonyl (C=S) groups is 1. The van der Waals surface area contributed by atoms with Gasteiger partial charge in [0.2, 0.25) is 0 Å². The van der Waals surface area contributed by atoms with E-state index >= 15 is 0 Å². The highest BCUT2D eigenvalue weighted by Gasteiger charge is 2.09. The van der Waals surface area contributed by atoms with E-state index in [0.717, 1.165) is 9.26 Å². The van der Waals surface area contributed by atoms with Gasteiger partial charge in [0.25, 0.3) is 0 Å². The van der Waals surface area contributed by atoms with Crippen molar-refractivity contribution in [2.45, 2.75) is 0 Å². The molecule has 0 aliphatic carbocycles. The number of rotatable bonds is 3. The smallest absolute Gasteiger partial charge is 0.159 e. The quantitative estimate of drug-likeness (QED) is 0.623. The molecular weight excluding hydrogens is 383 g/mol. The van der Waals surface area contributed by atoms with Gasteiger partial charge >= 0.3 is 0 Å². The third kappa shape index (κ3) is 3.06. The van der Waals surface area contributed by atoms with Crippen LogP contribution >= 0.6 is 46.4 Å². The normalized spacial score (nSPS) is 10.1. The van der Waals surface area contributed by atoms with Gasteiger partial charge in [-0.2, -0.15) is 0 Å². The number of nitrogens with two attached hydrogens (primary N) is 1. The first kappa shape index (κ1) is 13.4. The Balaban J connectivity index is 2.37. The third-order valence-corrected chi connectivity index (χ3v) is 3.44. The average molecular weight is 391 g/mol. The molecule has 92 valence electrons. The van der Waals surface area contributed by atoms with Crippen LogP contribution in [0.5, 0.6) is 0 Å². The molecule has 0 radical (unpaired) electrons. The van der Waals surface area contributed by atoms with E-state index in [-0.39, 0.29) is 4.99 Å². The van der Waals surface area contributed by atoms with Gasteiger partial charge in [0, 0.05) is 21.0 Å². The van der Waals surface area contributed by atoms with Crippen LogP contribution < -0.4 is 11.1 Å². The maximum atomic E-state index is 5.90. The van der Waals surface area contributed by atoms with Crippen LogP contribution in [-0.4, -0.2) is 15.0 Å². The number of hydrogen-bond acceptors (Lipinski definition) is 4. The standard InChI is InChI=1S/C11H8ClIN4S/c12-6-1-2-8(7(13)5-6)17-11-9(10(14)18)15-3-4-16-11/h1-5H,(H2,14,18)(H,16,17). The molecule has 1 aromatic heterocycles. The topological polar surface area (TPSA) is 63.8 Å². The van der Waals surface area contributed by atoms with E-state index < -0.39 is 0 Å². The molecule has 1 heterocycles. The van der Waals surface area contributed by atoms with Crippen molar-refractivity contribution in [1.82, 2.24) is 9.97 Å². The molecular formula is C11H8ClIN4S. The number of aromatic nitrogens is 2. The second kappa shape index (κ2) is 5.77. The molecule has 2 aromatic rings. The first-order valence-electron chi connectivity index (χ1n) is 4.91. The van der Waals surface area contributed by atoms with Gasteiger partial charge in [-0.05, 0) is 40.8 Å². The van der Waals surface area contributed by atoms with Crippen molar-refractivity contribution in [3.05, 3.63) is 44.9 Å². The Morgan fingerprint density at radius 2 is 2.06 bits per heavy atom. The van der Waals surface area contributed by atoms with Crippen molar-refractivity contribution in [2.24, 2.45) is 5.73 Å². The summed E-state index contributed by atoms with van der Waals surface area (Å²) in [5.41, 5.74) is 6.94. The molecule has 7 heteroatoms. The summed E-state index contributed by atoms with van der Waals surface area (Å²) in [5.74, 6) is 0.533. The minimum absolute atomic E-state index is 0.203. The average Bonchev–Trinajstić information content (AvgIpc) is 2.33. The molecule has 0 aliphatic heterocycles. The van der Waals surface area contributed by atoms with Crippen LogP contribution in [-0.2, 0) is 0 Å². The SMILES string of the molecule is NC(=S)c1nccnc1Nc1ccc(Cl)cc1I. The Morgan fingerprint density at radius 3 is 2.72 bits per heavy atom. The van der Waals surface area contributed by atoms with Crippen molar-refractivity contribution in [1.29, 1.82) is 0 Å². The Labute approximate surface area is 128 Å². The molecule has 1 aromatic carbocycles. The molecule has 0 unspecified atom stereocenters. The fourth-order valence-corrected chi connectivity index (χ4v) is 2.48. The molecule has 0 amide bonds. The first-order valence-corrected chi connectivity index (χ1v) is 6.77. The second-order valence-corrected chi connectivity index (χ2v) is 5.41. The molecule has 3 N–H and O–H groups in total. The molecule has 0 saturated heterocycles. The van der Waals surface area contributed by atoms with Crippen molar-refractivity contribution >= 4 is 62.9 Å². The fraction of sp³-hybridized carbons (Fsp3) is 0. The van der Waals surface area contributed by atoms with Crippen LogP contribution in [0.3, 0.4) is 0 Å². The Bertz CT molecular complexity index is 605. The summed E-state index contributed by atoms with van der Waals surface area (Å²) >= 11 is 13.0. The highest BCUT2D eigenvalue weighted by Crippen LogP contribution is 2.25. The summed E-state index contributed by atoms with van der Waals surface area (Å²) in [7, 11) is 0. The number of nitrogens with one attached hydrogen (secondary N) is 1. The molecule has 0 aliphatic rings. The summed E-state index contributed by atoms with van der Waals surface area (Å²) < 4.78 is 0.972. The van der Waals surface area contributed by atoms with E-state index in [1.54, 1.807) is 18.5 Å². The zero-order valence-corrected chi connectivity index (χ0v) is 12.8. The largest absolute Gasteiger partial charge is 0.388 e. The van der Waals surface area contributed by atoms with Crippen LogP contribution in [0, 0.1) is 3.57 Å². The maximum absolute atomic E-state index is 5.90. The van der Waals surface area contributed by atoms with Crippen molar-refractivity contribution in [3.63, 3.8) is 0 Å². The predicted octanol–water partition coefficient (Wildman–Crippen LogP) is 3.11. The number of hydrogen-bond donors (Lipinski definition) is 2. The van der Waals surface area contributed by atoms with Crippen LogP contribution in [0.1, 0.15) is 5.69 Å². The van der Waals surface area contributed by atoms with Gasteiger partial charge in [0.15, 0.2) is 5.82 Å². The molecule has 18 heavy (non-hydrogen) atoms. The molecule has 0 bridgehead atoms. The lowest BCUT2D eigenvalue weighted by atomic mass is 10.3. The van der Waals surface area contributed by atoms with E-state index in [4.69, 9.17) is 29.6 Å². The summed E-state index contributed by atoms with van der Waals surface area (Å²) in [4.78, 5) is 8.49. The van der Waals surface area contributed by atoms with Crippen LogP contribution in [0.25, 0.3) is 0 Å². The van der Waals surface area contributed by atoms with Crippen molar-refractivity contribution in [2.75, 3.05) is 5.32 Å². The fourth-order valence-electron chi connectivity index (χ4n) is 1.33. The highest BCUT2D eigenvalue weighted by molar-refractivity contribution is 14.1. The lowest BCUT2D eigenvalue weighted by molar-refractivity contribution is 1.18. The van der Waals surface area contributed by atoms with Gasteiger partial charge in [-0.25, -0.2) is 9.97 Å². The van der Waals surface area contributed by atoms with E-state index in [9.17, 15) is 0 Å². The Kier molecular flexibility index (Phi) is 4.31. The molecule has 4 nitrogen and oxygen atoms in total. The van der Waals surface area contributed by atoms with E-state index in [2.05, 4.69) is 37.9 Å². The van der Waals surface area contributed by atoms with E-state index in [1.165, 1.54) is 0 Å². The van der Waals surface area contributed by atoms with Gasteiger partial charge in [-0.3, -0.25) is 0 Å². The number of halogens is 2. The molecule has 2 rings (SSSR count). The van der Waals surface area contributed by atoms with Crippen LogP contribution in [0.15, 0.2) is 30.6 Å². The minimum Gasteiger partial charge on any atom is -0.388 e. The van der Waals surface area contributed by atoms with E-state index in [1.807, 2.05) is 12.1 Å². The monoisotopic (exact) mass is 390 g/mol. The zero-order chi connectivity index (χ0) is 13.1. The van der Waals surface area contributed by atoms with Gasteiger partial charge in [-0.1, -0.05) is 23.8 Å². The van der Waals surface area contributed by atoms with Crippen LogP contribution in [0.2, 0.25) is 5.02 Å². The first-order chi connectivity index (χ1) is 8.58. The van der Waals surface area contributed by atoms with Gasteiger partial charge < -0.3 is 11.1 Å². The van der Waals surface area contributed by atoms with Gasteiger partial charge in [0.1, 0.15) is 10.7 Å². The molecule has 0 saturated carbocycles. The summed E-state index contributed by atoms with van der Waals surface area (Å²) in [5, 5.41) is 3.82. The highest BCUT2D eigenvalue weighted by atomic mass is 127. The molecule has 0 spiro atoms. The van der Waals surface area contributed by atoms with Crippen molar-refractivity contribution < 1.29 is 0 Å². The number of benzene rings is 1. The van der Waals surface area contributed by atoms with Gasteiger partial charge in [0.05, 0.1) is 5.69 Å². The number of nitrogens with zero attached hydrogens (tertiary/aromatic N) is 2. The Morgan fingerprint density at radius 1 is 1.33 bits per heavy atom. The number of anilines is 2.